The third-order valence-corrected chi connectivity index (χ3v) is 6.57. The van der Waals surface area contributed by atoms with E-state index >= 15 is 0 Å². The lowest BCUT2D eigenvalue weighted by molar-refractivity contribution is 0.580. The first-order chi connectivity index (χ1) is 13.3. The molecule has 0 amide bonds. The first-order valence-corrected chi connectivity index (χ1v) is 11.2. The highest BCUT2D eigenvalue weighted by atomic mass is 32.2. The van der Waals surface area contributed by atoms with Crippen LogP contribution in [0.2, 0.25) is 0 Å². The fourth-order valence-corrected chi connectivity index (χ4v) is 4.99. The van der Waals surface area contributed by atoms with E-state index in [9.17, 15) is 8.42 Å². The third kappa shape index (κ3) is 4.44. The van der Waals surface area contributed by atoms with Crippen molar-refractivity contribution in [3.63, 3.8) is 0 Å². The van der Waals surface area contributed by atoms with Gasteiger partial charge in [-0.1, -0.05) is 0 Å². The number of hydrogen-bond donors (Lipinski definition) is 2. The summed E-state index contributed by atoms with van der Waals surface area (Å²) in [4.78, 5) is 11.5. The van der Waals surface area contributed by atoms with Gasteiger partial charge in [0.25, 0.3) is 0 Å². The van der Waals surface area contributed by atoms with E-state index in [1.807, 2.05) is 19.9 Å². The number of nitrogens with zero attached hydrogens (tertiary/aromatic N) is 5. The summed E-state index contributed by atoms with van der Waals surface area (Å²) in [5, 5.41) is 7.41. The lowest BCUT2D eigenvalue weighted by Gasteiger charge is -2.17. The highest BCUT2D eigenvalue weighted by Crippen LogP contribution is 2.20. The van der Waals surface area contributed by atoms with Crippen molar-refractivity contribution < 1.29 is 8.42 Å². The zero-order valence-electron chi connectivity index (χ0n) is 17.0. The van der Waals surface area contributed by atoms with Gasteiger partial charge in [-0.15, -0.1) is 0 Å². The summed E-state index contributed by atoms with van der Waals surface area (Å²) in [5.74, 6) is 1.44. The molecule has 3 heterocycles. The highest BCUT2D eigenvalue weighted by Gasteiger charge is 2.23. The molecule has 0 bridgehead atoms. The Balaban J connectivity index is 1.60. The number of anilines is 2. The third-order valence-electron chi connectivity index (χ3n) is 4.85. The maximum Gasteiger partial charge on any atom is 0.244 e. The molecule has 0 unspecified atom stereocenters. The van der Waals surface area contributed by atoms with Crippen LogP contribution in [0.3, 0.4) is 0 Å². The molecule has 1 fully saturated rings. The maximum absolute atomic E-state index is 12.7. The van der Waals surface area contributed by atoms with Gasteiger partial charge in [-0.25, -0.2) is 18.1 Å². The Hall–Kier alpha value is -2.20. The Bertz CT molecular complexity index is 934. The van der Waals surface area contributed by atoms with Crippen LogP contribution in [-0.4, -0.2) is 54.3 Å². The summed E-state index contributed by atoms with van der Waals surface area (Å²) >= 11 is 0. The van der Waals surface area contributed by atoms with E-state index < -0.39 is 10.0 Å². The van der Waals surface area contributed by atoms with Gasteiger partial charge in [0.1, 0.15) is 10.7 Å². The molecule has 0 radical (unpaired) electrons. The monoisotopic (exact) mass is 407 g/mol. The minimum Gasteiger partial charge on any atom is -0.356 e. The number of hydrogen-bond acceptors (Lipinski definition) is 7. The van der Waals surface area contributed by atoms with Crippen molar-refractivity contribution in [3.05, 3.63) is 23.1 Å². The standard InChI is InChI=1S/C18H29N7O2S/c1-5-25-15(4)17(14(3)23-25)28(26,27)20-9-8-19-18-21-13(2)12-16(22-18)24-10-6-7-11-24/h12,20H,5-11H2,1-4H3,(H,19,21,22). The van der Waals surface area contributed by atoms with Crippen LogP contribution >= 0.6 is 0 Å². The Kier molecular flexibility index (Phi) is 6.19. The van der Waals surface area contributed by atoms with Gasteiger partial charge in [0.2, 0.25) is 16.0 Å². The lowest BCUT2D eigenvalue weighted by atomic mass is 10.4. The minimum absolute atomic E-state index is 0.231. The molecule has 2 N–H and O–H groups in total. The number of aromatic nitrogens is 4. The maximum atomic E-state index is 12.7. The molecule has 0 atom stereocenters. The summed E-state index contributed by atoms with van der Waals surface area (Å²) in [6.45, 7) is 10.6. The van der Waals surface area contributed by atoms with E-state index in [1.54, 1.807) is 18.5 Å². The van der Waals surface area contributed by atoms with Crippen LogP contribution in [0.5, 0.6) is 0 Å². The topological polar surface area (TPSA) is 105 Å². The van der Waals surface area contributed by atoms with Gasteiger partial charge < -0.3 is 10.2 Å². The summed E-state index contributed by atoms with van der Waals surface area (Å²) in [7, 11) is -3.62. The van der Waals surface area contributed by atoms with Crippen LogP contribution in [0.1, 0.15) is 36.8 Å². The quantitative estimate of drug-likeness (QED) is 0.641. The van der Waals surface area contributed by atoms with Crippen molar-refractivity contribution in [3.8, 4) is 0 Å². The molecular weight excluding hydrogens is 378 g/mol. The van der Waals surface area contributed by atoms with Crippen LogP contribution in [-0.2, 0) is 16.6 Å². The first-order valence-electron chi connectivity index (χ1n) is 9.70. The SMILES string of the molecule is CCn1nc(C)c(S(=O)(=O)NCCNc2nc(C)cc(N3CCCC3)n2)c1C. The fourth-order valence-electron chi connectivity index (χ4n) is 3.55. The van der Waals surface area contributed by atoms with Gasteiger partial charge in [-0.05, 0) is 40.5 Å². The van der Waals surface area contributed by atoms with Crippen LogP contribution in [0.15, 0.2) is 11.0 Å². The fraction of sp³-hybridized carbons (Fsp3) is 0.611. The normalized spacial score (nSPS) is 14.6. The van der Waals surface area contributed by atoms with Crippen LogP contribution in [0.25, 0.3) is 0 Å². The summed E-state index contributed by atoms with van der Waals surface area (Å²) in [5.41, 5.74) is 2.05. The summed E-state index contributed by atoms with van der Waals surface area (Å²) in [6, 6.07) is 1.98. The van der Waals surface area contributed by atoms with Crippen LogP contribution in [0.4, 0.5) is 11.8 Å². The smallest absolute Gasteiger partial charge is 0.244 e. The van der Waals surface area contributed by atoms with Gasteiger partial charge >= 0.3 is 0 Å². The molecule has 2 aromatic rings. The van der Waals surface area contributed by atoms with Gasteiger partial charge in [0.15, 0.2) is 0 Å². The molecule has 0 aromatic carbocycles. The molecule has 3 rings (SSSR count). The number of sulfonamides is 1. The zero-order valence-corrected chi connectivity index (χ0v) is 17.8. The van der Waals surface area contributed by atoms with Crippen molar-refractivity contribution in [1.82, 2.24) is 24.5 Å². The Labute approximate surface area is 166 Å². The van der Waals surface area contributed by atoms with E-state index in [1.165, 1.54) is 12.8 Å². The molecule has 0 aliphatic carbocycles. The number of aryl methyl sites for hydroxylation is 3. The molecule has 0 saturated carbocycles. The van der Waals surface area contributed by atoms with Crippen molar-refractivity contribution in [2.75, 3.05) is 36.4 Å². The molecule has 1 saturated heterocycles. The van der Waals surface area contributed by atoms with Gasteiger partial charge in [0.05, 0.1) is 11.4 Å². The molecule has 154 valence electrons. The van der Waals surface area contributed by atoms with Gasteiger partial charge in [0, 0.05) is 44.5 Å². The minimum atomic E-state index is -3.62. The predicted molar refractivity (Wildman–Crippen MR) is 109 cm³/mol. The molecule has 9 nitrogen and oxygen atoms in total. The first kappa shape index (κ1) is 20.5. The van der Waals surface area contributed by atoms with E-state index in [0.29, 0.717) is 30.4 Å². The van der Waals surface area contributed by atoms with Crippen LogP contribution < -0.4 is 14.9 Å². The second kappa shape index (κ2) is 8.44. The Morgan fingerprint density at radius 1 is 1.11 bits per heavy atom. The van der Waals surface area contributed by atoms with E-state index in [4.69, 9.17) is 0 Å². The number of rotatable bonds is 8. The number of nitrogens with one attached hydrogen (secondary N) is 2. The lowest BCUT2D eigenvalue weighted by Crippen LogP contribution is -2.30. The van der Waals surface area contributed by atoms with E-state index in [-0.39, 0.29) is 11.4 Å². The molecule has 1 aliphatic heterocycles. The highest BCUT2D eigenvalue weighted by molar-refractivity contribution is 7.89. The molecule has 28 heavy (non-hydrogen) atoms. The second-order valence-corrected chi connectivity index (χ2v) is 8.73. The predicted octanol–water partition coefficient (Wildman–Crippen LogP) is 1.61. The second-order valence-electron chi connectivity index (χ2n) is 7.03. The van der Waals surface area contributed by atoms with Crippen molar-refractivity contribution in [1.29, 1.82) is 0 Å². The molecule has 2 aromatic heterocycles. The molecule has 1 aliphatic rings. The average Bonchev–Trinajstić information content (AvgIpc) is 3.26. The summed E-state index contributed by atoms with van der Waals surface area (Å²) < 4.78 is 29.7. The molecule has 10 heteroatoms. The van der Waals surface area contributed by atoms with Crippen LogP contribution in [0, 0.1) is 20.8 Å². The zero-order chi connectivity index (χ0) is 20.3. The largest absolute Gasteiger partial charge is 0.356 e. The van der Waals surface area contributed by atoms with E-state index in [0.717, 1.165) is 24.6 Å². The van der Waals surface area contributed by atoms with Crippen molar-refractivity contribution in [2.45, 2.75) is 52.0 Å². The van der Waals surface area contributed by atoms with Gasteiger partial charge in [-0.2, -0.15) is 10.1 Å². The van der Waals surface area contributed by atoms with E-state index in [2.05, 4.69) is 30.0 Å². The average molecular weight is 408 g/mol. The van der Waals surface area contributed by atoms with Gasteiger partial charge in [-0.3, -0.25) is 4.68 Å². The van der Waals surface area contributed by atoms with Crippen molar-refractivity contribution >= 4 is 21.8 Å². The molecular formula is C18H29N7O2S. The molecule has 0 spiro atoms. The van der Waals surface area contributed by atoms with Crippen molar-refractivity contribution in [2.24, 2.45) is 0 Å². The Morgan fingerprint density at radius 2 is 1.82 bits per heavy atom. The summed E-state index contributed by atoms with van der Waals surface area (Å²) in [6.07, 6.45) is 2.36. The Morgan fingerprint density at radius 3 is 2.46 bits per heavy atom.